The van der Waals surface area contributed by atoms with E-state index in [9.17, 15) is 0 Å². The van der Waals surface area contributed by atoms with Crippen LogP contribution in [0.5, 0.6) is 5.75 Å². The van der Waals surface area contributed by atoms with Crippen molar-refractivity contribution in [2.24, 2.45) is 5.73 Å². The molecule has 0 heterocycles. The lowest BCUT2D eigenvalue weighted by atomic mass is 9.84. The first-order valence-electron chi connectivity index (χ1n) is 5.85. The smallest absolute Gasteiger partial charge is 0.137 e. The number of nitrogens with two attached hydrogens (primary N) is 1. The fourth-order valence-corrected chi connectivity index (χ4v) is 1.92. The molecule has 0 unspecified atom stereocenters. The van der Waals surface area contributed by atoms with E-state index < -0.39 is 0 Å². The number of rotatable bonds is 6. The lowest BCUT2D eigenvalue weighted by molar-refractivity contribution is 0.340. The van der Waals surface area contributed by atoms with Gasteiger partial charge in [0.1, 0.15) is 5.75 Å². The van der Waals surface area contributed by atoms with Crippen molar-refractivity contribution in [1.29, 1.82) is 0 Å². The number of benzene rings is 1. The summed E-state index contributed by atoms with van der Waals surface area (Å²) < 4.78 is 5.42. The fourth-order valence-electron chi connectivity index (χ4n) is 1.68. The summed E-state index contributed by atoms with van der Waals surface area (Å²) in [5.41, 5.74) is 6.62. The summed E-state index contributed by atoms with van der Waals surface area (Å²) in [7, 11) is 0. The molecule has 96 valence electrons. The van der Waals surface area contributed by atoms with Crippen molar-refractivity contribution in [2.75, 3.05) is 19.8 Å². The molecule has 0 saturated carbocycles. The maximum atomic E-state index is 6.18. The third kappa shape index (κ3) is 3.87. The van der Waals surface area contributed by atoms with Gasteiger partial charge in [0.05, 0.1) is 11.6 Å². The first-order chi connectivity index (χ1) is 8.01. The van der Waals surface area contributed by atoms with Gasteiger partial charge in [-0.2, -0.15) is 0 Å². The summed E-state index contributed by atoms with van der Waals surface area (Å²) in [4.78, 5) is 0. The minimum absolute atomic E-state index is 0.00620. The van der Waals surface area contributed by atoms with Gasteiger partial charge in [-0.25, -0.2) is 0 Å². The summed E-state index contributed by atoms with van der Waals surface area (Å²) in [5, 5.41) is 3.81. The van der Waals surface area contributed by atoms with Crippen molar-refractivity contribution >= 4 is 11.6 Å². The largest absolute Gasteiger partial charge is 0.492 e. The summed E-state index contributed by atoms with van der Waals surface area (Å²) in [6.07, 6.45) is 0. The number of halogens is 1. The van der Waals surface area contributed by atoms with Crippen LogP contribution in [-0.4, -0.2) is 19.8 Å². The zero-order valence-corrected chi connectivity index (χ0v) is 11.5. The quantitative estimate of drug-likeness (QED) is 0.769. The van der Waals surface area contributed by atoms with Gasteiger partial charge in [-0.05, 0) is 24.6 Å². The van der Waals surface area contributed by atoms with Crippen LogP contribution < -0.4 is 15.8 Å². The Bertz CT molecular complexity index is 366. The van der Waals surface area contributed by atoms with Crippen LogP contribution in [-0.2, 0) is 5.41 Å². The van der Waals surface area contributed by atoms with Crippen molar-refractivity contribution in [1.82, 2.24) is 5.32 Å². The lowest BCUT2D eigenvalue weighted by Gasteiger charge is -2.26. The summed E-state index contributed by atoms with van der Waals surface area (Å²) in [6, 6.07) is 5.94. The first-order valence-corrected chi connectivity index (χ1v) is 6.22. The van der Waals surface area contributed by atoms with Crippen LogP contribution in [0.15, 0.2) is 18.2 Å². The van der Waals surface area contributed by atoms with Crippen LogP contribution in [0, 0.1) is 0 Å². The molecule has 4 heteroatoms. The zero-order chi connectivity index (χ0) is 12.9. The van der Waals surface area contributed by atoms with E-state index in [1.165, 1.54) is 5.56 Å². The van der Waals surface area contributed by atoms with E-state index in [1.807, 2.05) is 19.1 Å². The summed E-state index contributed by atoms with van der Waals surface area (Å²) >= 11 is 6.18. The van der Waals surface area contributed by atoms with Gasteiger partial charge in [-0.1, -0.05) is 31.5 Å². The average Bonchev–Trinajstić information content (AvgIpc) is 2.29. The fraction of sp³-hybridized carbons (Fsp3) is 0.538. The molecule has 0 aliphatic rings. The molecule has 0 atom stereocenters. The predicted molar refractivity (Wildman–Crippen MR) is 72.7 cm³/mol. The minimum atomic E-state index is -0.00620. The van der Waals surface area contributed by atoms with E-state index in [4.69, 9.17) is 22.1 Å². The van der Waals surface area contributed by atoms with E-state index >= 15 is 0 Å². The molecule has 0 radical (unpaired) electrons. The highest BCUT2D eigenvalue weighted by molar-refractivity contribution is 6.32. The van der Waals surface area contributed by atoms with Crippen LogP contribution in [0.3, 0.4) is 0 Å². The number of nitrogens with one attached hydrogen (secondary N) is 1. The lowest BCUT2D eigenvalue weighted by Crippen LogP contribution is -2.35. The second-order valence-electron chi connectivity index (χ2n) is 4.59. The van der Waals surface area contributed by atoms with Crippen molar-refractivity contribution in [3.05, 3.63) is 28.8 Å². The molecule has 3 nitrogen and oxygen atoms in total. The van der Waals surface area contributed by atoms with Crippen molar-refractivity contribution in [3.8, 4) is 5.75 Å². The van der Waals surface area contributed by atoms with E-state index in [0.29, 0.717) is 18.3 Å². The predicted octanol–water partition coefficient (Wildman–Crippen LogP) is 2.52. The maximum Gasteiger partial charge on any atom is 0.137 e. The molecule has 17 heavy (non-hydrogen) atoms. The monoisotopic (exact) mass is 256 g/mol. The van der Waals surface area contributed by atoms with Gasteiger partial charge >= 0.3 is 0 Å². The SMILES string of the molecule is CCOc1ccc(C(C)(C)CNCN)cc1Cl. The second kappa shape index (κ2) is 6.24. The second-order valence-corrected chi connectivity index (χ2v) is 5.00. The van der Waals surface area contributed by atoms with Crippen LogP contribution in [0.2, 0.25) is 5.02 Å². The highest BCUT2D eigenvalue weighted by Crippen LogP contribution is 2.31. The number of hydrogen-bond acceptors (Lipinski definition) is 3. The standard InChI is InChI=1S/C13H21ClN2O/c1-4-17-12-6-5-10(7-11(12)14)13(2,3)8-16-9-15/h5-7,16H,4,8-9,15H2,1-3H3. The highest BCUT2D eigenvalue weighted by atomic mass is 35.5. The molecule has 0 saturated heterocycles. The zero-order valence-electron chi connectivity index (χ0n) is 10.7. The van der Waals surface area contributed by atoms with Crippen LogP contribution >= 0.6 is 11.6 Å². The Hall–Kier alpha value is -0.770. The molecule has 0 aromatic heterocycles. The van der Waals surface area contributed by atoms with Gasteiger partial charge in [-0.15, -0.1) is 0 Å². The van der Waals surface area contributed by atoms with Crippen molar-refractivity contribution in [2.45, 2.75) is 26.2 Å². The van der Waals surface area contributed by atoms with Crippen LogP contribution in [0.25, 0.3) is 0 Å². The first kappa shape index (κ1) is 14.3. The topological polar surface area (TPSA) is 47.3 Å². The number of ether oxygens (including phenoxy) is 1. The van der Waals surface area contributed by atoms with Crippen molar-refractivity contribution in [3.63, 3.8) is 0 Å². The average molecular weight is 257 g/mol. The Labute approximate surface area is 108 Å². The summed E-state index contributed by atoms with van der Waals surface area (Å²) in [5.74, 6) is 0.737. The normalized spacial score (nSPS) is 11.6. The molecule has 0 amide bonds. The van der Waals surface area contributed by atoms with Crippen molar-refractivity contribution < 1.29 is 4.74 Å². The maximum absolute atomic E-state index is 6.18. The molecule has 0 aliphatic heterocycles. The Morgan fingerprint density at radius 1 is 1.41 bits per heavy atom. The molecule has 0 bridgehead atoms. The third-order valence-electron chi connectivity index (χ3n) is 2.72. The Balaban J connectivity index is 2.88. The molecule has 0 aliphatic carbocycles. The molecular formula is C13H21ClN2O. The van der Waals surface area contributed by atoms with Gasteiger partial charge in [0.2, 0.25) is 0 Å². The van der Waals surface area contributed by atoms with E-state index in [2.05, 4.69) is 25.2 Å². The number of hydrogen-bond donors (Lipinski definition) is 2. The highest BCUT2D eigenvalue weighted by Gasteiger charge is 2.21. The van der Waals surface area contributed by atoms with Gasteiger partial charge in [0.15, 0.2) is 0 Å². The van der Waals surface area contributed by atoms with Gasteiger partial charge < -0.3 is 15.8 Å². The van der Waals surface area contributed by atoms with E-state index in [-0.39, 0.29) is 5.41 Å². The Kier molecular flexibility index (Phi) is 5.25. The molecule has 1 rings (SSSR count). The summed E-state index contributed by atoms with van der Waals surface area (Å²) in [6.45, 7) is 8.17. The van der Waals surface area contributed by atoms with Gasteiger partial charge in [-0.3, -0.25) is 0 Å². The van der Waals surface area contributed by atoms with Crippen LogP contribution in [0.1, 0.15) is 26.3 Å². The molecule has 0 spiro atoms. The van der Waals surface area contributed by atoms with Gasteiger partial charge in [0.25, 0.3) is 0 Å². The molecule has 1 aromatic rings. The Morgan fingerprint density at radius 3 is 2.65 bits per heavy atom. The van der Waals surface area contributed by atoms with E-state index in [1.54, 1.807) is 0 Å². The Morgan fingerprint density at radius 2 is 2.12 bits per heavy atom. The molecular weight excluding hydrogens is 236 g/mol. The minimum Gasteiger partial charge on any atom is -0.492 e. The molecule has 0 fully saturated rings. The molecule has 1 aromatic carbocycles. The third-order valence-corrected chi connectivity index (χ3v) is 3.02. The van der Waals surface area contributed by atoms with Crippen LogP contribution in [0.4, 0.5) is 0 Å². The molecule has 3 N–H and O–H groups in total. The van der Waals surface area contributed by atoms with E-state index in [0.717, 1.165) is 12.3 Å². The van der Waals surface area contributed by atoms with Gasteiger partial charge in [0, 0.05) is 18.6 Å².